The zero-order valence-corrected chi connectivity index (χ0v) is 46.0. The number of fused-ring (bicyclic) bond motifs is 5. The number of rotatable bonds is 12. The second-order valence-electron chi connectivity index (χ2n) is 19.1. The summed E-state index contributed by atoms with van der Waals surface area (Å²) in [6, 6.07) is 10.3. The minimum Gasteiger partial charge on any atom is -0.464 e. The van der Waals surface area contributed by atoms with Gasteiger partial charge in [-0.05, 0) is 92.7 Å². The number of H-pyrrole nitrogens is 2. The minimum atomic E-state index is -0.812. The van der Waals surface area contributed by atoms with Crippen LogP contribution in [0.1, 0.15) is 112 Å². The van der Waals surface area contributed by atoms with Gasteiger partial charge in [0, 0.05) is 34.5 Å². The van der Waals surface area contributed by atoms with Crippen LogP contribution in [0.2, 0.25) is 0 Å². The van der Waals surface area contributed by atoms with E-state index in [-0.39, 0.29) is 113 Å². The van der Waals surface area contributed by atoms with Crippen molar-refractivity contribution in [1.82, 2.24) is 44.9 Å². The highest BCUT2D eigenvalue weighted by Crippen LogP contribution is 2.51. The van der Waals surface area contributed by atoms with Gasteiger partial charge in [-0.3, -0.25) is 14.2 Å². The molecule has 0 bridgehead atoms. The van der Waals surface area contributed by atoms with Gasteiger partial charge in [-0.15, -0.1) is 11.3 Å². The summed E-state index contributed by atoms with van der Waals surface area (Å²) in [5.41, 5.74) is 4.13. The highest BCUT2D eigenvalue weighted by Gasteiger charge is 2.40. The van der Waals surface area contributed by atoms with Gasteiger partial charge >= 0.3 is 12.2 Å². The second kappa shape index (κ2) is 23.0. The normalized spacial score (nSPS) is 18.6. The summed E-state index contributed by atoms with van der Waals surface area (Å²) in [5.74, 6) is 0.0285. The Hall–Kier alpha value is -5.36. The summed E-state index contributed by atoms with van der Waals surface area (Å²) < 4.78 is 50.8. The zero-order valence-electron chi connectivity index (χ0n) is 41.2. The molecule has 2 aromatic carbocycles. The number of methoxy groups -OCH3 is 2. The average molecular weight is 1100 g/mol. The number of aromatic nitrogens is 5. The van der Waals surface area contributed by atoms with Gasteiger partial charge in [0.05, 0.1) is 71.7 Å². The fraction of sp³-hybridized carbons (Fsp3) is 0.440. The molecule has 10 rings (SSSR count). The van der Waals surface area contributed by atoms with Gasteiger partial charge in [-0.1, -0.05) is 33.8 Å². The quantitative estimate of drug-likeness (QED) is 0.0925. The molecule has 2 saturated heterocycles. The minimum absolute atomic E-state index is 0. The van der Waals surface area contributed by atoms with Crippen LogP contribution in [0.3, 0.4) is 0 Å². The van der Waals surface area contributed by atoms with E-state index < -0.39 is 36.3 Å². The summed E-state index contributed by atoms with van der Waals surface area (Å²) >= 11 is 1.38. The van der Waals surface area contributed by atoms with Gasteiger partial charge in [-0.2, -0.15) is 54.0 Å². The molecule has 0 radical (unpaired) electrons. The van der Waals surface area contributed by atoms with Crippen LogP contribution in [-0.4, -0.2) is 97.7 Å². The molecule has 4 aliphatic rings. The third-order valence-electron chi connectivity index (χ3n) is 13.8. The van der Waals surface area contributed by atoms with Crippen molar-refractivity contribution in [2.24, 2.45) is 11.8 Å². The lowest BCUT2D eigenvalue weighted by Gasteiger charge is -2.30. The molecule has 1 aliphatic carbocycles. The van der Waals surface area contributed by atoms with Crippen molar-refractivity contribution in [3.05, 3.63) is 87.9 Å². The Morgan fingerprint density at radius 3 is 1.79 bits per heavy atom. The first-order valence-electron chi connectivity index (χ1n) is 23.6. The van der Waals surface area contributed by atoms with Crippen molar-refractivity contribution in [2.45, 2.75) is 103 Å². The van der Waals surface area contributed by atoms with Crippen LogP contribution >= 0.6 is 65.3 Å². The summed E-state index contributed by atoms with van der Waals surface area (Å²) in [6.07, 6.45) is 5.91. The SMILES string of the molecule is COC(=O)N[C@H](C(=O)N1CCC[C@H]1c1ncc(-c2cc(F)c3c(c2)OC(c2cc(F)c(C4CC4)s2)n2c-3cc3cc(-c4cnc([C@@H]5CCCN5C(=O)[C@@H](NC(=O)OC)C(C)C)[nH]4)ccc32)[nH]1)C(C)C.S.S.S.S. The Kier molecular flexibility index (Phi) is 18.0. The van der Waals surface area contributed by atoms with E-state index in [1.165, 1.54) is 37.7 Å². The molecule has 4 aromatic heterocycles. The number of hydrogen-bond acceptors (Lipinski definition) is 10. The van der Waals surface area contributed by atoms with Crippen molar-refractivity contribution < 1.29 is 42.2 Å². The Morgan fingerprint density at radius 2 is 1.27 bits per heavy atom. The number of nitrogens with one attached hydrogen (secondary N) is 4. The maximum Gasteiger partial charge on any atom is 0.407 e. The van der Waals surface area contributed by atoms with Crippen molar-refractivity contribution in [1.29, 1.82) is 0 Å². The van der Waals surface area contributed by atoms with E-state index in [4.69, 9.17) is 19.2 Å². The van der Waals surface area contributed by atoms with Crippen molar-refractivity contribution in [3.8, 4) is 39.5 Å². The second-order valence-corrected chi connectivity index (χ2v) is 20.2. The van der Waals surface area contributed by atoms with Crippen LogP contribution in [-0.2, 0) is 19.1 Å². The first-order chi connectivity index (χ1) is 33.2. The molecule has 4 N–H and O–H groups in total. The van der Waals surface area contributed by atoms with Crippen molar-refractivity contribution in [3.63, 3.8) is 0 Å². The summed E-state index contributed by atoms with van der Waals surface area (Å²) in [4.78, 5) is 72.9. The Bertz CT molecular complexity index is 2990. The smallest absolute Gasteiger partial charge is 0.407 e. The number of ether oxygens (including phenoxy) is 3. The predicted octanol–water partition coefficient (Wildman–Crippen LogP) is 9.78. The molecule has 1 saturated carbocycles. The molecule has 5 atom stereocenters. The Balaban J connectivity index is 0.00000217. The molecule has 23 heteroatoms. The number of benzene rings is 2. The maximum atomic E-state index is 16.9. The fourth-order valence-corrected chi connectivity index (χ4v) is 11.4. The molecular weight excluding hydrogens is 1040 g/mol. The standard InChI is InChI=1S/C50H55F2N9O7S.4H2S/c1-24(2)41(57-49(64)66-5)46(62)59-15-7-9-35(59)44-53-22-32(55-44)27-13-14-34-29(17-27)19-37-40-30(51)18-28(20-38(40)68-48(61(34)37)39-21-31(52)43(69-39)26-11-12-26)33-23-54-45(56-33)36-10-8-16-60(36)47(63)42(25(3)4)58-50(65)67-6;;;;/h13-14,17-26,35-36,41-42,48H,7-12,15-16H2,1-6H3,(H,53,55)(H,54,56)(H,57,64)(H,58,65);4*1H2/t35-,36-,41-,42-,48?;;;;/m0..../s1. The topological polar surface area (TPSA) is 189 Å². The molecular formula is C50H63F2N9O7S5. The van der Waals surface area contributed by atoms with Gasteiger partial charge in [0.15, 0.2) is 0 Å². The third kappa shape index (κ3) is 10.8. The summed E-state index contributed by atoms with van der Waals surface area (Å²) in [7, 11) is 2.52. The predicted molar refractivity (Wildman–Crippen MR) is 295 cm³/mol. The number of alkyl carbamates (subject to hydrolysis) is 2. The summed E-state index contributed by atoms with van der Waals surface area (Å²) in [6.45, 7) is 8.47. The van der Waals surface area contributed by atoms with Gasteiger partial charge in [0.2, 0.25) is 18.0 Å². The van der Waals surface area contributed by atoms with Gasteiger partial charge < -0.3 is 44.6 Å². The molecule has 3 fully saturated rings. The number of likely N-dealkylation sites (tertiary alicyclic amines) is 2. The number of thiophene rings is 1. The Morgan fingerprint density at radius 1 is 0.726 bits per heavy atom. The molecule has 6 aromatic rings. The molecule has 1 unspecified atom stereocenters. The number of nitrogens with zero attached hydrogens (tertiary/aromatic N) is 5. The van der Waals surface area contributed by atoms with E-state index in [1.54, 1.807) is 28.3 Å². The highest BCUT2D eigenvalue weighted by molar-refractivity contribution is 7.59. The van der Waals surface area contributed by atoms with Crippen LogP contribution in [0.25, 0.3) is 44.7 Å². The van der Waals surface area contributed by atoms with Gasteiger partial charge in [-0.25, -0.2) is 28.3 Å². The molecule has 394 valence electrons. The van der Waals surface area contributed by atoms with Crippen LogP contribution < -0.4 is 15.4 Å². The van der Waals surface area contributed by atoms with E-state index in [0.717, 1.165) is 47.8 Å². The first-order valence-corrected chi connectivity index (χ1v) is 24.4. The van der Waals surface area contributed by atoms with E-state index in [1.807, 2.05) is 56.5 Å². The van der Waals surface area contributed by atoms with Crippen molar-refractivity contribution in [2.75, 3.05) is 27.3 Å². The lowest BCUT2D eigenvalue weighted by Crippen LogP contribution is -2.51. The van der Waals surface area contributed by atoms with Crippen LogP contribution in [0, 0.1) is 23.5 Å². The van der Waals surface area contributed by atoms with E-state index in [0.29, 0.717) is 64.3 Å². The van der Waals surface area contributed by atoms with Gasteiger partial charge in [0.25, 0.3) is 0 Å². The number of halogens is 2. The molecule has 3 aliphatic heterocycles. The van der Waals surface area contributed by atoms with Crippen molar-refractivity contribution >= 4 is 100 Å². The number of amides is 4. The van der Waals surface area contributed by atoms with Crippen LogP contribution in [0.15, 0.2) is 54.9 Å². The van der Waals surface area contributed by atoms with Gasteiger partial charge in [0.1, 0.15) is 41.1 Å². The van der Waals surface area contributed by atoms with E-state index in [2.05, 4.69) is 25.6 Å². The number of hydrogen-bond donors (Lipinski definition) is 4. The van der Waals surface area contributed by atoms with E-state index >= 15 is 8.78 Å². The van der Waals surface area contributed by atoms with Crippen LogP contribution in [0.4, 0.5) is 18.4 Å². The largest absolute Gasteiger partial charge is 0.464 e. The maximum absolute atomic E-state index is 16.9. The summed E-state index contributed by atoms with van der Waals surface area (Å²) in [5, 5.41) is 6.16. The monoisotopic (exact) mass is 1100 g/mol. The number of imidazole rings is 2. The highest BCUT2D eigenvalue weighted by atomic mass is 32.1. The molecule has 0 spiro atoms. The molecule has 16 nitrogen and oxygen atoms in total. The molecule has 73 heavy (non-hydrogen) atoms. The fourth-order valence-electron chi connectivity index (χ4n) is 10.1. The lowest BCUT2D eigenvalue weighted by molar-refractivity contribution is -0.136. The molecule has 4 amide bonds. The Labute approximate surface area is 453 Å². The van der Waals surface area contributed by atoms with Crippen LogP contribution in [0.5, 0.6) is 5.75 Å². The third-order valence-corrected chi connectivity index (χ3v) is 15.1. The average Bonchev–Trinajstić information content (AvgIpc) is 4.03. The van der Waals surface area contributed by atoms with E-state index in [9.17, 15) is 19.2 Å². The zero-order chi connectivity index (χ0) is 48.4. The molecule has 7 heterocycles. The first kappa shape index (κ1) is 56.9. The number of carbonyl (C=O) groups excluding carboxylic acids is 4. The number of carbonyl (C=O) groups is 4. The number of aromatic amines is 2. The lowest BCUT2D eigenvalue weighted by atomic mass is 10.0.